The van der Waals surface area contributed by atoms with E-state index in [0.717, 1.165) is 12.1 Å². The quantitative estimate of drug-likeness (QED) is 0.716. The Labute approximate surface area is 77.0 Å². The minimum Gasteiger partial charge on any atom is -0.478 e. The van der Waals surface area contributed by atoms with Crippen LogP contribution < -0.4 is 5.73 Å². The van der Waals surface area contributed by atoms with Crippen molar-refractivity contribution in [2.45, 2.75) is 0 Å². The zero-order valence-electron chi connectivity index (χ0n) is 6.82. The van der Waals surface area contributed by atoms with Crippen molar-refractivity contribution in [2.75, 3.05) is 5.73 Å². The maximum Gasteiger partial charge on any atom is 0.338 e. The topological polar surface area (TPSA) is 89.3 Å². The number of aromatic nitrogens is 1. The minimum atomic E-state index is -1.21. The van der Waals surface area contributed by atoms with Crippen molar-refractivity contribution < 1.29 is 18.7 Å². The number of carboxylic acid groups (broad SMARTS) is 1. The molecule has 5 nitrogen and oxygen atoms in total. The predicted octanol–water partition coefficient (Wildman–Crippen LogP) is 1.25. The van der Waals surface area contributed by atoms with E-state index in [0.29, 0.717) is 0 Å². The number of nitrogen functional groups attached to an aromatic ring is 1. The monoisotopic (exact) mass is 196 g/mol. The number of nitrogens with two attached hydrogens (primary N) is 1. The zero-order valence-corrected chi connectivity index (χ0v) is 6.82. The predicted molar refractivity (Wildman–Crippen MR) is 45.3 cm³/mol. The van der Waals surface area contributed by atoms with Crippen molar-refractivity contribution in [3.63, 3.8) is 0 Å². The van der Waals surface area contributed by atoms with Crippen molar-refractivity contribution in [1.82, 2.24) is 4.98 Å². The van der Waals surface area contributed by atoms with Gasteiger partial charge in [-0.25, -0.2) is 9.18 Å². The van der Waals surface area contributed by atoms with E-state index in [1.165, 1.54) is 0 Å². The summed E-state index contributed by atoms with van der Waals surface area (Å²) < 4.78 is 17.8. The Morgan fingerprint density at radius 2 is 2.29 bits per heavy atom. The second-order valence-electron chi connectivity index (χ2n) is 2.63. The molecule has 0 amide bonds. The molecule has 2 rings (SSSR count). The summed E-state index contributed by atoms with van der Waals surface area (Å²) in [5.74, 6) is -1.89. The summed E-state index contributed by atoms with van der Waals surface area (Å²) in [6.07, 6.45) is 0. The Hall–Kier alpha value is -2.11. The van der Waals surface area contributed by atoms with Crippen LogP contribution in [0.25, 0.3) is 11.1 Å². The highest BCUT2D eigenvalue weighted by molar-refractivity contribution is 6.00. The minimum absolute atomic E-state index is 0.0741. The Balaban J connectivity index is 2.87. The molecule has 0 bridgehead atoms. The maximum atomic E-state index is 13.1. The molecule has 0 aliphatic rings. The standard InChI is InChI=1S/C8H5FN2O3/c9-4-2-1-3(7(12)13)5-6(4)14-8(10)11-5/h1-2H,(H2,10,11)(H,12,13). The SMILES string of the molecule is Nc1nc2c(C(=O)O)ccc(F)c2o1. The third kappa shape index (κ3) is 1.08. The first kappa shape index (κ1) is 8.49. The summed E-state index contributed by atoms with van der Waals surface area (Å²) in [5, 5.41) is 8.74. The number of hydrogen-bond donors (Lipinski definition) is 2. The molecule has 0 atom stereocenters. The summed E-state index contributed by atoms with van der Waals surface area (Å²) in [4.78, 5) is 14.3. The summed E-state index contributed by atoms with van der Waals surface area (Å²) in [5.41, 5.74) is 4.75. The van der Waals surface area contributed by atoms with E-state index < -0.39 is 11.8 Å². The van der Waals surface area contributed by atoms with Crippen LogP contribution in [0.3, 0.4) is 0 Å². The van der Waals surface area contributed by atoms with E-state index in [1.807, 2.05) is 0 Å². The van der Waals surface area contributed by atoms with Gasteiger partial charge in [-0.3, -0.25) is 0 Å². The number of hydrogen-bond acceptors (Lipinski definition) is 4. The molecule has 0 saturated heterocycles. The van der Waals surface area contributed by atoms with Gasteiger partial charge in [-0.15, -0.1) is 0 Å². The van der Waals surface area contributed by atoms with Gasteiger partial charge < -0.3 is 15.3 Å². The third-order valence-corrected chi connectivity index (χ3v) is 1.74. The van der Waals surface area contributed by atoms with Crippen molar-refractivity contribution in [3.05, 3.63) is 23.5 Å². The van der Waals surface area contributed by atoms with Gasteiger partial charge in [-0.05, 0) is 12.1 Å². The van der Waals surface area contributed by atoms with Crippen molar-refractivity contribution in [2.24, 2.45) is 0 Å². The number of anilines is 1. The first-order valence-electron chi connectivity index (χ1n) is 3.67. The largest absolute Gasteiger partial charge is 0.478 e. The number of oxazole rings is 1. The third-order valence-electron chi connectivity index (χ3n) is 1.74. The Kier molecular flexibility index (Phi) is 1.63. The molecule has 0 saturated carbocycles. The molecule has 0 unspecified atom stereocenters. The molecule has 3 N–H and O–H groups in total. The Morgan fingerprint density at radius 3 is 2.93 bits per heavy atom. The molecule has 1 heterocycles. The van der Waals surface area contributed by atoms with Crippen LogP contribution in [0.5, 0.6) is 0 Å². The highest BCUT2D eigenvalue weighted by Gasteiger charge is 2.16. The highest BCUT2D eigenvalue weighted by atomic mass is 19.1. The van der Waals surface area contributed by atoms with Crippen LogP contribution >= 0.6 is 0 Å². The van der Waals surface area contributed by atoms with Crippen LogP contribution in [0.2, 0.25) is 0 Å². The average molecular weight is 196 g/mol. The molecule has 6 heteroatoms. The number of benzene rings is 1. The fourth-order valence-electron chi connectivity index (χ4n) is 1.16. The van der Waals surface area contributed by atoms with Gasteiger partial charge in [0, 0.05) is 0 Å². The highest BCUT2D eigenvalue weighted by Crippen LogP contribution is 2.23. The number of halogens is 1. The van der Waals surface area contributed by atoms with E-state index in [2.05, 4.69) is 4.98 Å². The van der Waals surface area contributed by atoms with Crippen LogP contribution in [-0.2, 0) is 0 Å². The first-order chi connectivity index (χ1) is 6.59. The van der Waals surface area contributed by atoms with Crippen LogP contribution in [-0.4, -0.2) is 16.1 Å². The van der Waals surface area contributed by atoms with E-state index in [1.54, 1.807) is 0 Å². The van der Waals surface area contributed by atoms with Gasteiger partial charge in [-0.1, -0.05) is 0 Å². The molecule has 0 radical (unpaired) electrons. The molecule has 0 fully saturated rings. The second kappa shape index (κ2) is 2.69. The lowest BCUT2D eigenvalue weighted by molar-refractivity contribution is 0.0699. The molecule has 2 aromatic rings. The lowest BCUT2D eigenvalue weighted by Gasteiger charge is -1.94. The Morgan fingerprint density at radius 1 is 1.57 bits per heavy atom. The summed E-state index contributed by atoms with van der Waals surface area (Å²) in [6.45, 7) is 0. The molecule has 0 aliphatic heterocycles. The van der Waals surface area contributed by atoms with Crippen LogP contribution in [0.1, 0.15) is 10.4 Å². The number of rotatable bonds is 1. The lowest BCUT2D eigenvalue weighted by Crippen LogP contribution is -1.98. The van der Waals surface area contributed by atoms with Crippen LogP contribution in [0, 0.1) is 5.82 Å². The molecule has 0 aliphatic carbocycles. The van der Waals surface area contributed by atoms with Gasteiger partial charge >= 0.3 is 5.97 Å². The molecule has 0 spiro atoms. The van der Waals surface area contributed by atoms with Crippen LogP contribution in [0.15, 0.2) is 16.5 Å². The lowest BCUT2D eigenvalue weighted by atomic mass is 10.2. The Bertz CT molecular complexity index is 521. The first-order valence-corrected chi connectivity index (χ1v) is 3.67. The van der Waals surface area contributed by atoms with Gasteiger partial charge in [0.15, 0.2) is 11.4 Å². The van der Waals surface area contributed by atoms with E-state index in [4.69, 9.17) is 15.3 Å². The maximum absolute atomic E-state index is 13.1. The smallest absolute Gasteiger partial charge is 0.338 e. The van der Waals surface area contributed by atoms with Gasteiger partial charge in [0.25, 0.3) is 6.01 Å². The van der Waals surface area contributed by atoms with E-state index in [-0.39, 0.29) is 22.7 Å². The molecular weight excluding hydrogens is 191 g/mol. The van der Waals surface area contributed by atoms with Gasteiger partial charge in [0.1, 0.15) is 5.52 Å². The number of aromatic carboxylic acids is 1. The molecule has 72 valence electrons. The van der Waals surface area contributed by atoms with Crippen molar-refractivity contribution in [1.29, 1.82) is 0 Å². The summed E-state index contributed by atoms with van der Waals surface area (Å²) >= 11 is 0. The number of carboxylic acids is 1. The van der Waals surface area contributed by atoms with Gasteiger partial charge in [0.2, 0.25) is 0 Å². The van der Waals surface area contributed by atoms with E-state index >= 15 is 0 Å². The van der Waals surface area contributed by atoms with Crippen LogP contribution in [0.4, 0.5) is 10.4 Å². The molecular formula is C8H5FN2O3. The second-order valence-corrected chi connectivity index (χ2v) is 2.63. The molecule has 1 aromatic heterocycles. The summed E-state index contributed by atoms with van der Waals surface area (Å²) in [7, 11) is 0. The van der Waals surface area contributed by atoms with Crippen molar-refractivity contribution >= 4 is 23.1 Å². The van der Waals surface area contributed by atoms with Gasteiger partial charge in [-0.2, -0.15) is 4.98 Å². The normalized spacial score (nSPS) is 10.6. The molecule has 14 heavy (non-hydrogen) atoms. The summed E-state index contributed by atoms with van der Waals surface area (Å²) in [6, 6.07) is 1.85. The van der Waals surface area contributed by atoms with E-state index in [9.17, 15) is 9.18 Å². The molecule has 1 aromatic carbocycles. The number of fused-ring (bicyclic) bond motifs is 1. The van der Waals surface area contributed by atoms with Gasteiger partial charge in [0.05, 0.1) is 5.56 Å². The zero-order chi connectivity index (χ0) is 10.3. The average Bonchev–Trinajstić information content (AvgIpc) is 2.47. The number of nitrogens with zero attached hydrogens (tertiary/aromatic N) is 1. The fourth-order valence-corrected chi connectivity index (χ4v) is 1.16. The van der Waals surface area contributed by atoms with Crippen molar-refractivity contribution in [3.8, 4) is 0 Å². The number of carbonyl (C=O) groups is 1. The fraction of sp³-hybridized carbons (Fsp3) is 0.